The average molecular weight is 376 g/mol. The third-order valence-corrected chi connectivity index (χ3v) is 4.09. The maximum absolute atomic E-state index is 12.5. The van der Waals surface area contributed by atoms with Gasteiger partial charge in [-0.2, -0.15) is 0 Å². The fourth-order valence-corrected chi connectivity index (χ4v) is 2.68. The molecule has 0 aliphatic heterocycles. The van der Waals surface area contributed by atoms with Crippen molar-refractivity contribution in [2.75, 3.05) is 17.7 Å². The van der Waals surface area contributed by atoms with Gasteiger partial charge in [-0.3, -0.25) is 4.79 Å². The predicted octanol–water partition coefficient (Wildman–Crippen LogP) is 3.88. The van der Waals surface area contributed by atoms with Crippen LogP contribution in [0, 0.1) is 13.8 Å². The molecule has 3 rings (SSSR count). The fourth-order valence-electron chi connectivity index (χ4n) is 2.68. The van der Waals surface area contributed by atoms with E-state index in [1.54, 1.807) is 30.3 Å². The summed E-state index contributed by atoms with van der Waals surface area (Å²) in [5.74, 6) is -0.374. The van der Waals surface area contributed by atoms with Crippen molar-refractivity contribution in [3.05, 3.63) is 77.2 Å². The van der Waals surface area contributed by atoms with Crippen molar-refractivity contribution in [2.45, 2.75) is 13.8 Å². The highest BCUT2D eigenvalue weighted by Crippen LogP contribution is 2.20. The van der Waals surface area contributed by atoms with Crippen molar-refractivity contribution in [1.82, 2.24) is 9.97 Å². The van der Waals surface area contributed by atoms with E-state index >= 15 is 0 Å². The number of nitrogens with one attached hydrogen (secondary N) is 2. The SMILES string of the molecule is COC(=O)c1cccc(NC(=O)c2cc(Nc3ccc(C)cc3C)ncn2)c1. The Morgan fingerprint density at radius 3 is 2.57 bits per heavy atom. The molecule has 7 heteroatoms. The molecule has 2 aromatic carbocycles. The molecule has 1 heterocycles. The molecular formula is C21H20N4O3. The predicted molar refractivity (Wildman–Crippen MR) is 107 cm³/mol. The molecule has 0 fully saturated rings. The zero-order valence-electron chi connectivity index (χ0n) is 15.8. The van der Waals surface area contributed by atoms with Gasteiger partial charge in [0.1, 0.15) is 17.8 Å². The Hall–Kier alpha value is -3.74. The number of esters is 1. The standard InChI is InChI=1S/C21H20N4O3/c1-13-7-8-17(14(2)9-13)25-19-11-18(22-12-23-19)20(26)24-16-6-4-5-15(10-16)21(27)28-3/h4-12H,1-3H3,(H,24,26)(H,22,23,25). The minimum atomic E-state index is -0.474. The number of hydrogen-bond donors (Lipinski definition) is 2. The van der Waals surface area contributed by atoms with E-state index in [2.05, 4.69) is 31.4 Å². The first kappa shape index (κ1) is 19.0. The summed E-state index contributed by atoms with van der Waals surface area (Å²) in [5.41, 5.74) is 4.16. The van der Waals surface area contributed by atoms with Crippen molar-refractivity contribution in [2.24, 2.45) is 0 Å². The second-order valence-corrected chi connectivity index (χ2v) is 6.26. The number of hydrogen-bond acceptors (Lipinski definition) is 6. The molecule has 1 amide bonds. The summed E-state index contributed by atoms with van der Waals surface area (Å²) in [6.45, 7) is 4.03. The third kappa shape index (κ3) is 4.50. The summed E-state index contributed by atoms with van der Waals surface area (Å²) >= 11 is 0. The number of methoxy groups -OCH3 is 1. The van der Waals surface area contributed by atoms with Gasteiger partial charge in [0.2, 0.25) is 0 Å². The number of aromatic nitrogens is 2. The zero-order valence-corrected chi connectivity index (χ0v) is 15.8. The molecule has 3 aromatic rings. The van der Waals surface area contributed by atoms with Gasteiger partial charge in [0.25, 0.3) is 5.91 Å². The lowest BCUT2D eigenvalue weighted by atomic mass is 10.1. The van der Waals surface area contributed by atoms with Crippen LogP contribution < -0.4 is 10.6 Å². The minimum Gasteiger partial charge on any atom is -0.465 e. The van der Waals surface area contributed by atoms with Crippen LogP contribution in [0.3, 0.4) is 0 Å². The Bertz CT molecular complexity index is 1030. The van der Waals surface area contributed by atoms with Crippen molar-refractivity contribution >= 4 is 29.1 Å². The van der Waals surface area contributed by atoms with Crippen LogP contribution >= 0.6 is 0 Å². The lowest BCUT2D eigenvalue weighted by molar-refractivity contribution is 0.0600. The van der Waals surface area contributed by atoms with E-state index in [1.807, 2.05) is 26.0 Å². The van der Waals surface area contributed by atoms with E-state index in [4.69, 9.17) is 0 Å². The van der Waals surface area contributed by atoms with Crippen molar-refractivity contribution in [1.29, 1.82) is 0 Å². The van der Waals surface area contributed by atoms with Gasteiger partial charge in [-0.15, -0.1) is 0 Å². The van der Waals surface area contributed by atoms with E-state index in [0.717, 1.165) is 11.3 Å². The topological polar surface area (TPSA) is 93.2 Å². The second kappa shape index (κ2) is 8.30. The maximum Gasteiger partial charge on any atom is 0.337 e. The fraction of sp³-hybridized carbons (Fsp3) is 0.143. The Balaban J connectivity index is 1.76. The van der Waals surface area contributed by atoms with Gasteiger partial charge in [-0.25, -0.2) is 14.8 Å². The lowest BCUT2D eigenvalue weighted by Gasteiger charge is -2.10. The highest BCUT2D eigenvalue weighted by molar-refractivity contribution is 6.04. The molecule has 2 N–H and O–H groups in total. The van der Waals surface area contributed by atoms with Crippen LogP contribution in [0.1, 0.15) is 32.0 Å². The van der Waals surface area contributed by atoms with Gasteiger partial charge in [-0.05, 0) is 43.7 Å². The van der Waals surface area contributed by atoms with Crippen LogP contribution in [-0.2, 0) is 4.74 Å². The van der Waals surface area contributed by atoms with Crippen LogP contribution in [0.25, 0.3) is 0 Å². The molecule has 1 aromatic heterocycles. The summed E-state index contributed by atoms with van der Waals surface area (Å²) in [5, 5.41) is 5.92. The van der Waals surface area contributed by atoms with Gasteiger partial charge >= 0.3 is 5.97 Å². The quantitative estimate of drug-likeness (QED) is 0.657. The van der Waals surface area contributed by atoms with Gasteiger partial charge in [0.05, 0.1) is 12.7 Å². The third-order valence-electron chi connectivity index (χ3n) is 4.09. The zero-order chi connectivity index (χ0) is 20.1. The number of amides is 1. The molecule has 0 atom stereocenters. The second-order valence-electron chi connectivity index (χ2n) is 6.26. The number of nitrogens with zero attached hydrogens (tertiary/aromatic N) is 2. The number of aryl methyl sites for hydroxylation is 2. The molecule has 0 spiro atoms. The highest BCUT2D eigenvalue weighted by Gasteiger charge is 2.12. The number of anilines is 3. The Labute approximate surface area is 162 Å². The van der Waals surface area contributed by atoms with E-state index in [1.165, 1.54) is 19.0 Å². The van der Waals surface area contributed by atoms with E-state index in [-0.39, 0.29) is 5.69 Å². The largest absolute Gasteiger partial charge is 0.465 e. The van der Waals surface area contributed by atoms with Crippen molar-refractivity contribution in [3.8, 4) is 0 Å². The smallest absolute Gasteiger partial charge is 0.337 e. The number of carbonyl (C=O) groups is 2. The van der Waals surface area contributed by atoms with Crippen LogP contribution in [0.15, 0.2) is 54.9 Å². The van der Waals surface area contributed by atoms with Crippen LogP contribution in [0.2, 0.25) is 0 Å². The van der Waals surface area contributed by atoms with Crippen LogP contribution in [0.5, 0.6) is 0 Å². The number of rotatable bonds is 5. The first-order valence-electron chi connectivity index (χ1n) is 8.62. The first-order valence-corrected chi connectivity index (χ1v) is 8.62. The van der Waals surface area contributed by atoms with Gasteiger partial charge < -0.3 is 15.4 Å². The van der Waals surface area contributed by atoms with Crippen LogP contribution in [-0.4, -0.2) is 29.0 Å². The summed E-state index contributed by atoms with van der Waals surface area (Å²) in [7, 11) is 1.30. The van der Waals surface area contributed by atoms with Crippen molar-refractivity contribution < 1.29 is 14.3 Å². The molecule has 7 nitrogen and oxygen atoms in total. The summed E-state index contributed by atoms with van der Waals surface area (Å²) in [6.07, 6.45) is 1.33. The minimum absolute atomic E-state index is 0.200. The van der Waals surface area contributed by atoms with E-state index < -0.39 is 11.9 Å². The number of carbonyl (C=O) groups excluding carboxylic acids is 2. The summed E-state index contributed by atoms with van der Waals surface area (Å²) in [4.78, 5) is 32.4. The molecule has 0 unspecified atom stereocenters. The molecular weight excluding hydrogens is 356 g/mol. The van der Waals surface area contributed by atoms with Crippen LogP contribution in [0.4, 0.5) is 17.2 Å². The van der Waals surface area contributed by atoms with Crippen molar-refractivity contribution in [3.63, 3.8) is 0 Å². The number of benzene rings is 2. The molecule has 0 saturated carbocycles. The normalized spacial score (nSPS) is 10.2. The Morgan fingerprint density at radius 2 is 1.82 bits per heavy atom. The Kier molecular flexibility index (Phi) is 5.64. The summed E-state index contributed by atoms with van der Waals surface area (Å²) in [6, 6.07) is 14.1. The average Bonchev–Trinajstić information content (AvgIpc) is 2.70. The molecule has 0 aliphatic rings. The first-order chi connectivity index (χ1) is 13.5. The molecule has 142 valence electrons. The number of ether oxygens (including phenoxy) is 1. The molecule has 0 saturated heterocycles. The van der Waals surface area contributed by atoms with Gasteiger partial charge in [-0.1, -0.05) is 23.8 Å². The van der Waals surface area contributed by atoms with Gasteiger partial charge in [0.15, 0.2) is 0 Å². The molecule has 0 aliphatic carbocycles. The van der Waals surface area contributed by atoms with E-state index in [0.29, 0.717) is 17.1 Å². The van der Waals surface area contributed by atoms with Gasteiger partial charge in [0, 0.05) is 17.4 Å². The lowest BCUT2D eigenvalue weighted by Crippen LogP contribution is -2.15. The molecule has 28 heavy (non-hydrogen) atoms. The highest BCUT2D eigenvalue weighted by atomic mass is 16.5. The molecule has 0 radical (unpaired) electrons. The Morgan fingerprint density at radius 1 is 1.00 bits per heavy atom. The monoisotopic (exact) mass is 376 g/mol. The van der Waals surface area contributed by atoms with E-state index in [9.17, 15) is 9.59 Å². The summed E-state index contributed by atoms with van der Waals surface area (Å²) < 4.78 is 4.69. The molecule has 0 bridgehead atoms. The maximum atomic E-state index is 12.5.